The number of carbonyl (C=O) groups is 1. The summed E-state index contributed by atoms with van der Waals surface area (Å²) in [6, 6.07) is 12.8. The Morgan fingerprint density at radius 2 is 1.85 bits per heavy atom. The number of aromatic nitrogens is 5. The highest BCUT2D eigenvalue weighted by atomic mass is 19.4. The Labute approximate surface area is 231 Å². The Hall–Kier alpha value is -5.46. The van der Waals surface area contributed by atoms with Crippen LogP contribution < -0.4 is 10.3 Å². The van der Waals surface area contributed by atoms with Crippen molar-refractivity contribution in [3.8, 4) is 16.9 Å². The van der Waals surface area contributed by atoms with Crippen LogP contribution in [-0.2, 0) is 6.18 Å². The van der Waals surface area contributed by atoms with Crippen LogP contribution in [0.25, 0.3) is 16.9 Å². The maximum Gasteiger partial charge on any atom is 0.416 e. The lowest BCUT2D eigenvalue weighted by molar-refractivity contribution is -0.137. The van der Waals surface area contributed by atoms with Crippen LogP contribution in [0, 0.1) is 18.8 Å². The molecule has 13 heteroatoms. The van der Waals surface area contributed by atoms with Gasteiger partial charge in [-0.1, -0.05) is 6.07 Å². The molecule has 0 fully saturated rings. The molecule has 0 aliphatic heterocycles. The highest BCUT2D eigenvalue weighted by Gasteiger charge is 2.31. The molecule has 1 N–H and O–H groups in total. The van der Waals surface area contributed by atoms with Crippen LogP contribution >= 0.6 is 0 Å². The fraction of sp³-hybridized carbons (Fsp3) is 0.107. The minimum Gasteiger partial charge on any atom is -0.322 e. The summed E-state index contributed by atoms with van der Waals surface area (Å²) < 4.78 is 42.4. The van der Waals surface area contributed by atoms with Crippen LogP contribution in [0.3, 0.4) is 0 Å². The monoisotopic (exact) mass is 558 g/mol. The van der Waals surface area contributed by atoms with Gasteiger partial charge in [-0.2, -0.15) is 18.2 Å². The molecule has 206 valence electrons. The van der Waals surface area contributed by atoms with E-state index >= 15 is 0 Å². The smallest absolute Gasteiger partial charge is 0.322 e. The molecule has 3 aromatic heterocycles. The van der Waals surface area contributed by atoms with Crippen LogP contribution in [0.4, 0.5) is 30.5 Å². The van der Waals surface area contributed by atoms with Crippen molar-refractivity contribution in [3.63, 3.8) is 0 Å². The number of pyridine rings is 1. The van der Waals surface area contributed by atoms with Gasteiger partial charge in [0.2, 0.25) is 0 Å². The molecule has 2 aromatic carbocycles. The molecular formula is C28H21F3N8O2. The van der Waals surface area contributed by atoms with E-state index in [1.807, 2.05) is 0 Å². The molecule has 0 saturated heterocycles. The molecular weight excluding hydrogens is 537 g/mol. The van der Waals surface area contributed by atoms with E-state index in [1.54, 1.807) is 56.7 Å². The molecule has 10 nitrogen and oxygen atoms in total. The minimum absolute atomic E-state index is 0.0415. The lowest BCUT2D eigenvalue weighted by Crippen LogP contribution is -2.17. The second kappa shape index (κ2) is 11.0. The summed E-state index contributed by atoms with van der Waals surface area (Å²) in [7, 11) is 0. The third-order valence-corrected chi connectivity index (χ3v) is 6.08. The summed E-state index contributed by atoms with van der Waals surface area (Å²) in [4.78, 5) is 41.8. The zero-order chi connectivity index (χ0) is 29.1. The predicted octanol–water partition coefficient (Wildman–Crippen LogP) is 6.43. The van der Waals surface area contributed by atoms with Crippen molar-refractivity contribution in [2.45, 2.75) is 20.0 Å². The zero-order valence-corrected chi connectivity index (χ0v) is 21.7. The number of carbonyl (C=O) groups excluding carboxylic acids is 1. The van der Waals surface area contributed by atoms with Gasteiger partial charge in [0.15, 0.2) is 0 Å². The fourth-order valence-electron chi connectivity index (χ4n) is 4.05. The number of rotatable bonds is 7. The molecule has 0 aliphatic rings. The first-order chi connectivity index (χ1) is 19.6. The summed E-state index contributed by atoms with van der Waals surface area (Å²) in [5.74, 6) is -0.741. The van der Waals surface area contributed by atoms with E-state index in [1.165, 1.54) is 35.3 Å². The number of nitrogens with one attached hydrogen (secondary N) is 1. The molecule has 5 rings (SSSR count). The largest absolute Gasteiger partial charge is 0.416 e. The lowest BCUT2D eigenvalue weighted by atomic mass is 10.1. The second-order valence-electron chi connectivity index (χ2n) is 9.02. The fourth-order valence-corrected chi connectivity index (χ4v) is 4.05. The molecule has 5 aromatic rings. The molecule has 0 atom stereocenters. The van der Waals surface area contributed by atoms with Crippen molar-refractivity contribution in [2.75, 3.05) is 10.3 Å². The quantitative estimate of drug-likeness (QED) is 0.181. The van der Waals surface area contributed by atoms with Crippen LogP contribution in [0.15, 0.2) is 91.0 Å². The van der Waals surface area contributed by atoms with E-state index < -0.39 is 17.6 Å². The van der Waals surface area contributed by atoms with Crippen molar-refractivity contribution >= 4 is 23.2 Å². The van der Waals surface area contributed by atoms with Gasteiger partial charge in [0, 0.05) is 47.3 Å². The first-order valence-corrected chi connectivity index (χ1v) is 12.1. The average molecular weight is 559 g/mol. The van der Waals surface area contributed by atoms with Gasteiger partial charge in [0.05, 0.1) is 34.3 Å². The molecule has 0 bridgehead atoms. The normalized spacial score (nSPS) is 11.2. The summed E-state index contributed by atoms with van der Waals surface area (Å²) in [6.45, 7) is 3.41. The third-order valence-electron chi connectivity index (χ3n) is 6.08. The summed E-state index contributed by atoms with van der Waals surface area (Å²) in [6.07, 6.45) is 2.98. The highest BCUT2D eigenvalue weighted by Crippen LogP contribution is 2.34. The van der Waals surface area contributed by atoms with E-state index in [9.17, 15) is 22.9 Å². The highest BCUT2D eigenvalue weighted by molar-refractivity contribution is 6.05. The zero-order valence-electron chi connectivity index (χ0n) is 21.7. The number of anilines is 3. The molecule has 3 heterocycles. The van der Waals surface area contributed by atoms with Gasteiger partial charge in [0.25, 0.3) is 11.9 Å². The molecule has 0 aliphatic carbocycles. The van der Waals surface area contributed by atoms with Crippen LogP contribution in [-0.4, -0.2) is 30.4 Å². The van der Waals surface area contributed by atoms with Crippen LogP contribution in [0.5, 0.6) is 0 Å². The van der Waals surface area contributed by atoms with E-state index in [4.69, 9.17) is 0 Å². The SMILES string of the molecule is Cc1cn(-c2cc(NC(=O)c3ccc(C)c(N(N=O)c4nccc(-c5cccnc5)n4)c3)cc(C(F)(F)F)c2)cn1. The first-order valence-electron chi connectivity index (χ1n) is 12.1. The Morgan fingerprint density at radius 3 is 2.54 bits per heavy atom. The lowest BCUT2D eigenvalue weighted by Gasteiger charge is -2.17. The number of imidazole rings is 1. The number of hydrogen-bond donors (Lipinski definition) is 1. The van der Waals surface area contributed by atoms with Crippen molar-refractivity contribution in [2.24, 2.45) is 5.29 Å². The van der Waals surface area contributed by atoms with E-state index in [0.717, 1.165) is 17.1 Å². The number of alkyl halides is 3. The molecule has 1 amide bonds. The summed E-state index contributed by atoms with van der Waals surface area (Å²) >= 11 is 0. The molecule has 0 radical (unpaired) electrons. The van der Waals surface area contributed by atoms with Gasteiger partial charge in [-0.25, -0.2) is 15.0 Å². The van der Waals surface area contributed by atoms with Gasteiger partial charge in [-0.3, -0.25) is 9.78 Å². The number of aryl methyl sites for hydroxylation is 2. The number of nitrogens with zero attached hydrogens (tertiary/aromatic N) is 7. The number of hydrogen-bond acceptors (Lipinski definition) is 7. The maximum absolute atomic E-state index is 13.7. The van der Waals surface area contributed by atoms with E-state index in [0.29, 0.717) is 22.5 Å². The van der Waals surface area contributed by atoms with Gasteiger partial charge >= 0.3 is 6.18 Å². The first kappa shape index (κ1) is 27.1. The molecule has 0 saturated carbocycles. The Kier molecular flexibility index (Phi) is 7.25. The maximum atomic E-state index is 13.7. The van der Waals surface area contributed by atoms with Crippen molar-refractivity contribution < 1.29 is 18.0 Å². The average Bonchev–Trinajstić information content (AvgIpc) is 3.40. The van der Waals surface area contributed by atoms with Crippen molar-refractivity contribution in [1.82, 2.24) is 24.5 Å². The Bertz CT molecular complexity index is 1740. The van der Waals surface area contributed by atoms with E-state index in [-0.39, 0.29) is 28.6 Å². The van der Waals surface area contributed by atoms with Crippen LogP contribution in [0.2, 0.25) is 0 Å². The Balaban J connectivity index is 1.47. The van der Waals surface area contributed by atoms with E-state index in [2.05, 4.69) is 30.5 Å². The predicted molar refractivity (Wildman–Crippen MR) is 146 cm³/mol. The standard InChI is InChI=1S/C28H21F3N8O2/c1-17-5-6-19(10-25(17)39(37-41)27-33-9-7-24(36-27)20-4-3-8-32-14-20)26(40)35-22-11-21(28(29,30)31)12-23(13-22)38-15-18(2)34-16-38/h3-16H,1-2H3,(H,35,40). The summed E-state index contributed by atoms with van der Waals surface area (Å²) in [5, 5.41) is 6.54. The number of benzene rings is 2. The molecule has 41 heavy (non-hydrogen) atoms. The van der Waals surface area contributed by atoms with Crippen molar-refractivity contribution in [3.05, 3.63) is 113 Å². The van der Waals surface area contributed by atoms with Gasteiger partial charge in [0.1, 0.15) is 0 Å². The topological polar surface area (TPSA) is 118 Å². The summed E-state index contributed by atoms with van der Waals surface area (Å²) in [5.41, 5.74) is 1.82. The second-order valence-corrected chi connectivity index (χ2v) is 9.02. The third kappa shape index (κ3) is 5.93. The molecule has 0 spiro atoms. The number of halogens is 3. The molecule has 0 unspecified atom stereocenters. The van der Waals surface area contributed by atoms with Crippen molar-refractivity contribution in [1.29, 1.82) is 0 Å². The van der Waals surface area contributed by atoms with Gasteiger partial charge in [-0.05, 0) is 67.9 Å². The number of nitroso groups, excluding NO2 is 1. The Morgan fingerprint density at radius 1 is 1.02 bits per heavy atom. The number of amides is 1. The minimum atomic E-state index is -4.65. The van der Waals surface area contributed by atoms with Gasteiger partial charge < -0.3 is 9.88 Å². The van der Waals surface area contributed by atoms with Gasteiger partial charge in [-0.15, -0.1) is 4.91 Å². The van der Waals surface area contributed by atoms with Crippen LogP contribution in [0.1, 0.15) is 27.2 Å².